The minimum atomic E-state index is -0.308. The van der Waals surface area contributed by atoms with E-state index in [1.807, 2.05) is 24.3 Å². The van der Waals surface area contributed by atoms with Crippen molar-refractivity contribution in [2.75, 3.05) is 5.73 Å². The lowest BCUT2D eigenvalue weighted by Crippen LogP contribution is -1.98. The first-order chi connectivity index (χ1) is 9.66. The van der Waals surface area contributed by atoms with Crippen LogP contribution in [0, 0.1) is 5.82 Å². The van der Waals surface area contributed by atoms with Crippen LogP contribution in [0.3, 0.4) is 0 Å². The molecule has 2 heterocycles. The van der Waals surface area contributed by atoms with Gasteiger partial charge in [0.15, 0.2) is 0 Å². The molecule has 2 N–H and O–H groups in total. The van der Waals surface area contributed by atoms with Gasteiger partial charge < -0.3 is 5.73 Å². The van der Waals surface area contributed by atoms with Crippen molar-refractivity contribution >= 4 is 5.82 Å². The summed E-state index contributed by atoms with van der Waals surface area (Å²) in [6, 6.07) is 11.9. The fraction of sp³-hybridized carbons (Fsp3) is 0.0667. The number of benzene rings is 1. The molecule has 0 radical (unpaired) electrons. The summed E-state index contributed by atoms with van der Waals surface area (Å²) in [5.41, 5.74) is 8.82. The molecule has 0 bridgehead atoms. The zero-order valence-electron chi connectivity index (χ0n) is 10.9. The first-order valence-corrected chi connectivity index (χ1v) is 6.16. The molecule has 0 fully saturated rings. The number of nitrogens with zero attached hydrogens (tertiary/aromatic N) is 3. The standard InChI is InChI=1S/C15H13FN4/c1-20-15(17)13(10-5-4-6-11(16)9-10)14(19-20)12-7-2-3-8-18-12/h2-9H,17H2,1H3. The van der Waals surface area contributed by atoms with E-state index in [-0.39, 0.29) is 5.82 Å². The molecule has 20 heavy (non-hydrogen) atoms. The molecule has 100 valence electrons. The third-order valence-corrected chi connectivity index (χ3v) is 3.11. The van der Waals surface area contributed by atoms with Gasteiger partial charge in [-0.2, -0.15) is 5.10 Å². The van der Waals surface area contributed by atoms with Crippen molar-refractivity contribution in [1.29, 1.82) is 0 Å². The van der Waals surface area contributed by atoms with Gasteiger partial charge in [0.05, 0.1) is 11.3 Å². The second-order valence-electron chi connectivity index (χ2n) is 4.46. The third kappa shape index (κ3) is 2.03. The molecule has 0 amide bonds. The molecule has 2 aromatic heterocycles. The van der Waals surface area contributed by atoms with Gasteiger partial charge in [0.25, 0.3) is 0 Å². The molecule has 0 aliphatic rings. The van der Waals surface area contributed by atoms with Crippen LogP contribution in [0.1, 0.15) is 0 Å². The lowest BCUT2D eigenvalue weighted by Gasteiger charge is -2.04. The van der Waals surface area contributed by atoms with Crippen LogP contribution in [0.15, 0.2) is 48.7 Å². The van der Waals surface area contributed by atoms with Crippen molar-refractivity contribution in [2.45, 2.75) is 0 Å². The first kappa shape index (κ1) is 12.3. The van der Waals surface area contributed by atoms with E-state index in [9.17, 15) is 4.39 Å². The van der Waals surface area contributed by atoms with Crippen molar-refractivity contribution in [3.63, 3.8) is 0 Å². The van der Waals surface area contributed by atoms with Gasteiger partial charge in [-0.3, -0.25) is 9.67 Å². The summed E-state index contributed by atoms with van der Waals surface area (Å²) in [4.78, 5) is 4.29. The maximum absolute atomic E-state index is 13.4. The Kier molecular flexibility index (Phi) is 2.95. The number of halogens is 1. The molecule has 0 saturated heterocycles. The summed E-state index contributed by atoms with van der Waals surface area (Å²) >= 11 is 0. The highest BCUT2D eigenvalue weighted by atomic mass is 19.1. The predicted molar refractivity (Wildman–Crippen MR) is 76.2 cm³/mol. The Bertz CT molecular complexity index is 750. The van der Waals surface area contributed by atoms with E-state index in [1.54, 1.807) is 24.0 Å². The van der Waals surface area contributed by atoms with Gasteiger partial charge >= 0.3 is 0 Å². The van der Waals surface area contributed by atoms with Crippen molar-refractivity contribution in [3.8, 4) is 22.5 Å². The van der Waals surface area contributed by atoms with Gasteiger partial charge in [0.2, 0.25) is 0 Å². The summed E-state index contributed by atoms with van der Waals surface area (Å²) in [6.45, 7) is 0. The molecule has 4 nitrogen and oxygen atoms in total. The van der Waals surface area contributed by atoms with Crippen LogP contribution in [0.5, 0.6) is 0 Å². The number of nitrogen functional groups attached to an aromatic ring is 1. The number of hydrogen-bond acceptors (Lipinski definition) is 3. The second kappa shape index (κ2) is 4.77. The summed E-state index contributed by atoms with van der Waals surface area (Å²) in [5.74, 6) is 0.175. The molecule has 1 aromatic carbocycles. The maximum atomic E-state index is 13.4. The van der Waals surface area contributed by atoms with Crippen LogP contribution < -0.4 is 5.73 Å². The van der Waals surface area contributed by atoms with Crippen molar-refractivity contribution in [1.82, 2.24) is 14.8 Å². The maximum Gasteiger partial charge on any atom is 0.129 e. The van der Waals surface area contributed by atoms with Crippen LogP contribution in [0.25, 0.3) is 22.5 Å². The van der Waals surface area contributed by atoms with E-state index >= 15 is 0 Å². The summed E-state index contributed by atoms with van der Waals surface area (Å²) in [5, 5.41) is 4.39. The Balaban J connectivity index is 2.25. The quantitative estimate of drug-likeness (QED) is 0.777. The average molecular weight is 268 g/mol. The molecule has 0 unspecified atom stereocenters. The molecule has 0 aliphatic heterocycles. The van der Waals surface area contributed by atoms with E-state index in [4.69, 9.17) is 5.73 Å². The Morgan fingerprint density at radius 2 is 2.00 bits per heavy atom. The highest BCUT2D eigenvalue weighted by Crippen LogP contribution is 2.35. The Morgan fingerprint density at radius 3 is 2.70 bits per heavy atom. The summed E-state index contributed by atoms with van der Waals surface area (Å²) < 4.78 is 15.0. The highest BCUT2D eigenvalue weighted by molar-refractivity contribution is 5.86. The number of aromatic nitrogens is 3. The molecule has 5 heteroatoms. The Labute approximate surface area is 115 Å². The fourth-order valence-electron chi connectivity index (χ4n) is 2.15. The second-order valence-corrected chi connectivity index (χ2v) is 4.46. The number of rotatable bonds is 2. The van der Waals surface area contributed by atoms with Crippen molar-refractivity contribution in [3.05, 3.63) is 54.5 Å². The smallest absolute Gasteiger partial charge is 0.129 e. The van der Waals surface area contributed by atoms with E-state index in [2.05, 4.69) is 10.1 Å². The van der Waals surface area contributed by atoms with Crippen molar-refractivity contribution < 1.29 is 4.39 Å². The van der Waals surface area contributed by atoms with Crippen LogP contribution >= 0.6 is 0 Å². The number of hydrogen-bond donors (Lipinski definition) is 1. The molecular formula is C15H13FN4. The van der Waals surface area contributed by atoms with E-state index in [0.29, 0.717) is 28.3 Å². The predicted octanol–water partition coefficient (Wildman–Crippen LogP) is 2.87. The molecule has 0 atom stereocenters. The Morgan fingerprint density at radius 1 is 1.15 bits per heavy atom. The molecule has 0 saturated carbocycles. The van der Waals surface area contributed by atoms with Gasteiger partial charge in [0, 0.05) is 13.2 Å². The topological polar surface area (TPSA) is 56.7 Å². The molecule has 3 aromatic rings. The van der Waals surface area contributed by atoms with Gasteiger partial charge in [0.1, 0.15) is 17.3 Å². The van der Waals surface area contributed by atoms with E-state index < -0.39 is 0 Å². The number of aryl methyl sites for hydroxylation is 1. The number of pyridine rings is 1. The van der Waals surface area contributed by atoms with Crippen LogP contribution in [-0.4, -0.2) is 14.8 Å². The lowest BCUT2D eigenvalue weighted by atomic mass is 10.0. The summed E-state index contributed by atoms with van der Waals surface area (Å²) in [6.07, 6.45) is 1.69. The highest BCUT2D eigenvalue weighted by Gasteiger charge is 2.18. The molecule has 0 spiro atoms. The number of anilines is 1. The van der Waals surface area contributed by atoms with Gasteiger partial charge in [-0.1, -0.05) is 18.2 Å². The van der Waals surface area contributed by atoms with Gasteiger partial charge in [-0.05, 0) is 29.8 Å². The molecule has 0 aliphatic carbocycles. The zero-order valence-corrected chi connectivity index (χ0v) is 10.9. The van der Waals surface area contributed by atoms with Crippen molar-refractivity contribution in [2.24, 2.45) is 7.05 Å². The van der Waals surface area contributed by atoms with Gasteiger partial charge in [-0.15, -0.1) is 0 Å². The van der Waals surface area contributed by atoms with Gasteiger partial charge in [-0.25, -0.2) is 4.39 Å². The molecular weight excluding hydrogens is 255 g/mol. The van der Waals surface area contributed by atoms with Crippen LogP contribution in [0.2, 0.25) is 0 Å². The first-order valence-electron chi connectivity index (χ1n) is 6.16. The minimum absolute atomic E-state index is 0.308. The number of nitrogens with two attached hydrogens (primary N) is 1. The van der Waals surface area contributed by atoms with Crippen LogP contribution in [0.4, 0.5) is 10.2 Å². The molecule has 3 rings (SSSR count). The zero-order chi connectivity index (χ0) is 14.1. The fourth-order valence-corrected chi connectivity index (χ4v) is 2.15. The summed E-state index contributed by atoms with van der Waals surface area (Å²) in [7, 11) is 1.75. The average Bonchev–Trinajstić information content (AvgIpc) is 2.76. The van der Waals surface area contributed by atoms with E-state index in [0.717, 1.165) is 0 Å². The SMILES string of the molecule is Cn1nc(-c2ccccn2)c(-c2cccc(F)c2)c1N. The Hall–Kier alpha value is -2.69. The van der Waals surface area contributed by atoms with Crippen LogP contribution in [-0.2, 0) is 7.05 Å². The largest absolute Gasteiger partial charge is 0.383 e. The third-order valence-electron chi connectivity index (χ3n) is 3.11. The minimum Gasteiger partial charge on any atom is -0.383 e. The normalized spacial score (nSPS) is 10.7. The lowest BCUT2D eigenvalue weighted by molar-refractivity contribution is 0.628. The van der Waals surface area contributed by atoms with E-state index in [1.165, 1.54) is 12.1 Å². The monoisotopic (exact) mass is 268 g/mol.